The van der Waals surface area contributed by atoms with Gasteiger partial charge in [0.2, 0.25) is 10.0 Å². The Morgan fingerprint density at radius 2 is 1.71 bits per heavy atom. The van der Waals surface area contributed by atoms with Gasteiger partial charge in [-0.05, 0) is 39.0 Å². The van der Waals surface area contributed by atoms with Crippen molar-refractivity contribution < 1.29 is 8.42 Å². The molecule has 17 heavy (non-hydrogen) atoms. The van der Waals surface area contributed by atoms with Crippen molar-refractivity contribution >= 4 is 21.6 Å². The number of rotatable bonds is 4. The summed E-state index contributed by atoms with van der Waals surface area (Å²) in [5.74, 6) is 0.541. The van der Waals surface area contributed by atoms with Crippen LogP contribution in [0.5, 0.6) is 0 Å². The van der Waals surface area contributed by atoms with E-state index in [9.17, 15) is 8.42 Å². The van der Waals surface area contributed by atoms with E-state index in [1.807, 2.05) is 0 Å². The van der Waals surface area contributed by atoms with Gasteiger partial charge in [0, 0.05) is 12.4 Å². The topological polar surface area (TPSA) is 46.2 Å². The molecule has 5 heteroatoms. The molecule has 1 rings (SSSR count). The predicted octanol–water partition coefficient (Wildman–Crippen LogP) is 2.89. The van der Waals surface area contributed by atoms with Crippen molar-refractivity contribution in [1.29, 1.82) is 0 Å². The van der Waals surface area contributed by atoms with Crippen LogP contribution in [0.4, 0.5) is 0 Å². The van der Waals surface area contributed by atoms with Gasteiger partial charge in [0.05, 0.1) is 4.75 Å². The molecule has 0 bridgehead atoms. The summed E-state index contributed by atoms with van der Waals surface area (Å²) in [6.45, 7) is 5.62. The normalized spacial score (nSPS) is 21.4. The molecule has 0 aromatic heterocycles. The van der Waals surface area contributed by atoms with Crippen molar-refractivity contribution in [2.24, 2.45) is 5.41 Å². The van der Waals surface area contributed by atoms with Gasteiger partial charge in [-0.25, -0.2) is 13.1 Å². The average Bonchev–Trinajstić information content (AvgIpc) is 2.26. The highest BCUT2D eigenvalue weighted by Crippen LogP contribution is 2.37. The van der Waals surface area contributed by atoms with Gasteiger partial charge in [0.25, 0.3) is 0 Å². The zero-order valence-electron chi connectivity index (χ0n) is 11.1. The van der Waals surface area contributed by atoms with Crippen LogP contribution in [0.15, 0.2) is 0 Å². The highest BCUT2D eigenvalue weighted by molar-refractivity contribution is 7.90. The van der Waals surface area contributed by atoms with Crippen LogP contribution in [0, 0.1) is 5.41 Å². The smallest absolute Gasteiger partial charge is 0.214 e. The molecule has 1 N–H and O–H groups in total. The van der Waals surface area contributed by atoms with Gasteiger partial charge >= 0.3 is 0 Å². The summed E-state index contributed by atoms with van der Waals surface area (Å²) in [7, 11) is -3.25. The van der Waals surface area contributed by atoms with Gasteiger partial charge in [0.15, 0.2) is 0 Å². The van der Waals surface area contributed by atoms with Crippen LogP contribution in [0.2, 0.25) is 0 Å². The second-order valence-electron chi connectivity index (χ2n) is 6.13. The quantitative estimate of drug-likeness (QED) is 0.806. The monoisotopic (exact) mass is 281 g/mol. The van der Waals surface area contributed by atoms with Crippen molar-refractivity contribution in [3.63, 3.8) is 0 Å². The molecule has 0 aliphatic heterocycles. The first-order chi connectivity index (χ1) is 7.72. The minimum Gasteiger partial charge on any atom is -0.214 e. The predicted molar refractivity (Wildman–Crippen MR) is 72.9 cm³/mol. The van der Waals surface area contributed by atoms with Gasteiger partial charge in [0.1, 0.15) is 0 Å². The van der Waals surface area contributed by atoms with Crippen LogP contribution < -0.4 is 4.72 Å². The van der Waals surface area contributed by atoms with Gasteiger partial charge in [-0.2, -0.15) is 0 Å². The summed E-state index contributed by atoms with van der Waals surface area (Å²) in [6, 6.07) is 0. The molecule has 0 amide bonds. The SMILES string of the molecule is CC(C)(C)S(=O)(=O)NCC1(CCl)CCCCC1. The molecule has 0 unspecified atom stereocenters. The third kappa shape index (κ3) is 3.83. The first-order valence-corrected chi connectivity index (χ1v) is 8.29. The standard InChI is InChI=1S/C12H24ClNO2S/c1-11(2,3)17(15,16)14-10-12(9-13)7-5-4-6-8-12/h14H,4-10H2,1-3H3. The van der Waals surface area contributed by atoms with E-state index >= 15 is 0 Å². The number of nitrogens with one attached hydrogen (secondary N) is 1. The lowest BCUT2D eigenvalue weighted by Gasteiger charge is -2.36. The van der Waals surface area contributed by atoms with Crippen molar-refractivity contribution in [3.8, 4) is 0 Å². The summed E-state index contributed by atoms with van der Waals surface area (Å²) in [5.41, 5.74) is -0.0296. The summed E-state index contributed by atoms with van der Waals surface area (Å²) in [5, 5.41) is 0. The fourth-order valence-electron chi connectivity index (χ4n) is 2.12. The maximum absolute atomic E-state index is 12.0. The van der Waals surface area contributed by atoms with Gasteiger partial charge in [-0.3, -0.25) is 0 Å². The van der Waals surface area contributed by atoms with E-state index in [4.69, 9.17) is 11.6 Å². The lowest BCUT2D eigenvalue weighted by Crippen LogP contribution is -2.46. The van der Waals surface area contributed by atoms with Crippen molar-refractivity contribution in [3.05, 3.63) is 0 Å². The molecule has 1 fully saturated rings. The van der Waals surface area contributed by atoms with E-state index in [1.54, 1.807) is 20.8 Å². The number of sulfonamides is 1. The summed E-state index contributed by atoms with van der Waals surface area (Å²) in [4.78, 5) is 0. The Balaban J connectivity index is 2.65. The van der Waals surface area contributed by atoms with Gasteiger partial charge in [-0.1, -0.05) is 19.3 Å². The second kappa shape index (κ2) is 5.45. The van der Waals surface area contributed by atoms with Crippen molar-refractivity contribution in [2.45, 2.75) is 57.6 Å². The number of hydrogen-bond acceptors (Lipinski definition) is 2. The lowest BCUT2D eigenvalue weighted by atomic mass is 9.76. The van der Waals surface area contributed by atoms with E-state index in [2.05, 4.69) is 4.72 Å². The first-order valence-electron chi connectivity index (χ1n) is 6.28. The molecule has 1 saturated carbocycles. The van der Waals surface area contributed by atoms with Gasteiger partial charge < -0.3 is 0 Å². The highest BCUT2D eigenvalue weighted by atomic mass is 35.5. The van der Waals surface area contributed by atoms with Gasteiger partial charge in [-0.15, -0.1) is 11.6 Å². The van der Waals surface area contributed by atoms with Crippen molar-refractivity contribution in [2.75, 3.05) is 12.4 Å². The second-order valence-corrected chi connectivity index (χ2v) is 8.92. The number of hydrogen-bond donors (Lipinski definition) is 1. The van der Waals surface area contributed by atoms with Crippen LogP contribution in [-0.2, 0) is 10.0 Å². The minimum atomic E-state index is -3.25. The third-order valence-corrected chi connectivity index (χ3v) is 6.34. The molecule has 0 saturated heterocycles. The zero-order valence-corrected chi connectivity index (χ0v) is 12.6. The Morgan fingerprint density at radius 1 is 1.18 bits per heavy atom. The van der Waals surface area contributed by atoms with E-state index in [-0.39, 0.29) is 5.41 Å². The lowest BCUT2D eigenvalue weighted by molar-refractivity contribution is 0.223. The molecular formula is C12H24ClNO2S. The summed E-state index contributed by atoms with van der Waals surface area (Å²) in [6.07, 6.45) is 5.62. The Morgan fingerprint density at radius 3 is 2.12 bits per heavy atom. The molecule has 3 nitrogen and oxygen atoms in total. The summed E-state index contributed by atoms with van der Waals surface area (Å²) < 4.78 is 26.0. The zero-order chi connectivity index (χ0) is 13.2. The fourth-order valence-corrected chi connectivity index (χ4v) is 3.42. The molecule has 0 radical (unpaired) electrons. The number of alkyl halides is 1. The van der Waals surface area contributed by atoms with Crippen LogP contribution >= 0.6 is 11.6 Å². The molecule has 102 valence electrons. The third-order valence-electron chi connectivity index (χ3n) is 3.64. The molecular weight excluding hydrogens is 258 g/mol. The van der Waals surface area contributed by atoms with Crippen LogP contribution in [0.1, 0.15) is 52.9 Å². The molecule has 0 aromatic carbocycles. The highest BCUT2D eigenvalue weighted by Gasteiger charge is 2.35. The maximum atomic E-state index is 12.0. The molecule has 1 aliphatic rings. The molecule has 0 heterocycles. The molecule has 1 aliphatic carbocycles. The Bertz CT molecular complexity index is 340. The van der Waals surface area contributed by atoms with E-state index < -0.39 is 14.8 Å². The molecule has 0 spiro atoms. The molecule has 0 aromatic rings. The van der Waals surface area contributed by atoms with Crippen LogP contribution in [0.3, 0.4) is 0 Å². The minimum absolute atomic E-state index is 0.0296. The first kappa shape index (κ1) is 15.3. The van der Waals surface area contributed by atoms with E-state index in [0.717, 1.165) is 25.7 Å². The Labute approximate surface area is 110 Å². The van der Waals surface area contributed by atoms with E-state index in [0.29, 0.717) is 12.4 Å². The molecule has 0 atom stereocenters. The Kier molecular flexibility index (Phi) is 4.89. The van der Waals surface area contributed by atoms with Crippen LogP contribution in [-0.4, -0.2) is 25.6 Å². The van der Waals surface area contributed by atoms with E-state index in [1.165, 1.54) is 6.42 Å². The summed E-state index contributed by atoms with van der Waals surface area (Å²) >= 11 is 6.05. The Hall–Kier alpha value is 0.200. The largest absolute Gasteiger partial charge is 0.216 e. The van der Waals surface area contributed by atoms with Crippen LogP contribution in [0.25, 0.3) is 0 Å². The number of halogens is 1. The average molecular weight is 282 g/mol. The fraction of sp³-hybridized carbons (Fsp3) is 1.00. The van der Waals surface area contributed by atoms with Crippen molar-refractivity contribution in [1.82, 2.24) is 4.72 Å². The maximum Gasteiger partial charge on any atom is 0.216 e.